The summed E-state index contributed by atoms with van der Waals surface area (Å²) in [7, 11) is -3.20. The highest BCUT2D eigenvalue weighted by molar-refractivity contribution is 7.87. The predicted octanol–water partition coefficient (Wildman–Crippen LogP) is 3.66. The largest absolute Gasteiger partial charge is 0.490 e. The van der Waals surface area contributed by atoms with Crippen molar-refractivity contribution in [1.82, 2.24) is 13.9 Å². The van der Waals surface area contributed by atoms with Gasteiger partial charge in [0, 0.05) is 45.1 Å². The number of carboxylic acid groups (broad SMARTS) is 1. The molecule has 3 aromatic rings. The van der Waals surface area contributed by atoms with Gasteiger partial charge < -0.3 is 20.5 Å². The van der Waals surface area contributed by atoms with E-state index in [-0.39, 0.29) is 17.0 Å². The first-order valence-electron chi connectivity index (χ1n) is 12.4. The number of fused-ring (bicyclic) bond motifs is 1. The van der Waals surface area contributed by atoms with Gasteiger partial charge in [-0.1, -0.05) is 24.3 Å². The average Bonchev–Trinajstić information content (AvgIpc) is 2.92. The summed E-state index contributed by atoms with van der Waals surface area (Å²) < 4.78 is 32.7. The Morgan fingerprint density at radius 1 is 1.13 bits per heavy atom. The first-order chi connectivity index (χ1) is 18.5. The quantitative estimate of drug-likeness (QED) is 0.245. The number of carbonyl (C=O) groups is 1. The minimum absolute atomic E-state index is 0.0699. The van der Waals surface area contributed by atoms with Gasteiger partial charge in [0.1, 0.15) is 17.7 Å². The molecular weight excluding hydrogens is 520 g/mol. The number of hydrogen-bond donors (Lipinski definition) is 4. The van der Waals surface area contributed by atoms with Crippen molar-refractivity contribution in [2.75, 3.05) is 20.1 Å². The Morgan fingerprint density at radius 2 is 1.79 bits per heavy atom. The molecule has 0 radical (unpaired) electrons. The molecule has 39 heavy (non-hydrogen) atoms. The molecule has 1 fully saturated rings. The van der Waals surface area contributed by atoms with Crippen molar-refractivity contribution in [3.05, 3.63) is 71.8 Å². The van der Waals surface area contributed by atoms with Crippen molar-refractivity contribution >= 4 is 44.4 Å². The van der Waals surface area contributed by atoms with Crippen molar-refractivity contribution in [2.24, 2.45) is 10.7 Å². The molecule has 1 aliphatic heterocycles. The van der Waals surface area contributed by atoms with Crippen LogP contribution in [0, 0.1) is 5.41 Å². The van der Waals surface area contributed by atoms with E-state index in [0.29, 0.717) is 28.5 Å². The number of nitrogens with one attached hydrogen (secondary N) is 2. The van der Waals surface area contributed by atoms with Crippen LogP contribution in [0.25, 0.3) is 10.8 Å². The van der Waals surface area contributed by atoms with E-state index in [0.717, 1.165) is 49.5 Å². The maximum Gasteiger partial charge on any atom is 0.421 e. The number of nitrogens with two attached hydrogens (primary N) is 1. The van der Waals surface area contributed by atoms with Gasteiger partial charge in [0.05, 0.1) is 11.5 Å². The molecule has 0 spiro atoms. The van der Waals surface area contributed by atoms with Gasteiger partial charge in [0.15, 0.2) is 0 Å². The fourth-order valence-corrected chi connectivity index (χ4v) is 4.99. The third kappa shape index (κ3) is 7.03. The molecule has 0 bridgehead atoms. The van der Waals surface area contributed by atoms with E-state index in [4.69, 9.17) is 21.0 Å². The number of amides is 1. The number of aliphatic imine (C=N–C) groups is 1. The molecule has 1 aliphatic rings. The second-order valence-electron chi connectivity index (χ2n) is 9.35. The number of hydrogen-bond acceptors (Lipinski definition) is 6. The second-order valence-corrected chi connectivity index (χ2v) is 11.1. The van der Waals surface area contributed by atoms with Gasteiger partial charge in [-0.2, -0.15) is 17.4 Å². The van der Waals surface area contributed by atoms with Crippen LogP contribution in [0.1, 0.15) is 30.9 Å². The predicted molar refractivity (Wildman–Crippen MR) is 151 cm³/mol. The van der Waals surface area contributed by atoms with Gasteiger partial charge in [-0.25, -0.2) is 9.79 Å². The van der Waals surface area contributed by atoms with Crippen molar-refractivity contribution in [1.29, 1.82) is 5.41 Å². The van der Waals surface area contributed by atoms with Gasteiger partial charge in [-0.05, 0) is 59.7 Å². The van der Waals surface area contributed by atoms with Crippen LogP contribution in [-0.2, 0) is 16.8 Å². The number of benzene rings is 3. The number of ether oxygens (including phenoxy) is 1. The first-order valence-corrected chi connectivity index (χ1v) is 13.9. The van der Waals surface area contributed by atoms with Gasteiger partial charge in [-0.3, -0.25) is 5.41 Å². The molecule has 0 aliphatic carbocycles. The third-order valence-corrected chi connectivity index (χ3v) is 7.98. The fraction of sp³-hybridized carbons (Fsp3) is 0.296. The molecule has 1 heterocycles. The summed E-state index contributed by atoms with van der Waals surface area (Å²) in [6, 6.07) is 18.5. The minimum atomic E-state index is -4.16. The first kappa shape index (κ1) is 27.9. The SMILES string of the molecule is CC(=N)N1CCC(Oc2ccc(N=C(N)c3ccc4ccc(CNS(=O)(=O)N(C)C(=O)O)cc4c3)cc2)CC1. The zero-order valence-corrected chi connectivity index (χ0v) is 22.6. The second kappa shape index (κ2) is 11.7. The van der Waals surface area contributed by atoms with Crippen molar-refractivity contribution in [3.8, 4) is 5.75 Å². The molecule has 1 saturated heterocycles. The molecule has 12 heteroatoms. The smallest absolute Gasteiger partial charge is 0.421 e. The summed E-state index contributed by atoms with van der Waals surface area (Å²) in [6.07, 6.45) is 0.296. The zero-order chi connectivity index (χ0) is 28.2. The number of likely N-dealkylation sites (tertiary alicyclic amines) is 1. The Labute approximate surface area is 227 Å². The monoisotopic (exact) mass is 552 g/mol. The van der Waals surface area contributed by atoms with Crippen LogP contribution >= 0.6 is 0 Å². The molecule has 3 aromatic carbocycles. The lowest BCUT2D eigenvalue weighted by molar-refractivity contribution is 0.130. The summed E-state index contributed by atoms with van der Waals surface area (Å²) >= 11 is 0. The normalized spacial score (nSPS) is 14.8. The number of piperidine rings is 1. The Bertz CT molecular complexity index is 1500. The maximum absolute atomic E-state index is 12.1. The van der Waals surface area contributed by atoms with Gasteiger partial charge in [0.2, 0.25) is 0 Å². The van der Waals surface area contributed by atoms with Crippen LogP contribution in [0.5, 0.6) is 5.75 Å². The van der Waals surface area contributed by atoms with Gasteiger partial charge >= 0.3 is 16.3 Å². The van der Waals surface area contributed by atoms with E-state index in [2.05, 4.69) is 14.6 Å². The van der Waals surface area contributed by atoms with Crippen LogP contribution in [0.4, 0.5) is 10.5 Å². The third-order valence-electron chi connectivity index (χ3n) is 6.59. The Kier molecular flexibility index (Phi) is 8.36. The van der Waals surface area contributed by atoms with Crippen LogP contribution in [0.2, 0.25) is 0 Å². The molecule has 1 amide bonds. The van der Waals surface area contributed by atoms with E-state index < -0.39 is 16.3 Å². The summed E-state index contributed by atoms with van der Waals surface area (Å²) in [4.78, 5) is 17.5. The highest BCUT2D eigenvalue weighted by atomic mass is 32.2. The Balaban J connectivity index is 1.42. The highest BCUT2D eigenvalue weighted by Gasteiger charge is 2.22. The lowest BCUT2D eigenvalue weighted by Gasteiger charge is -2.32. The molecule has 5 N–H and O–H groups in total. The van der Waals surface area contributed by atoms with Crippen molar-refractivity contribution in [2.45, 2.75) is 32.4 Å². The average molecular weight is 553 g/mol. The van der Waals surface area contributed by atoms with Gasteiger partial charge in [0.25, 0.3) is 0 Å². The number of rotatable bonds is 8. The topological polar surface area (TPSA) is 161 Å². The standard InChI is InChI=1S/C27H32N6O5S/c1-18(28)33-13-11-25(12-14-33)38-24-9-7-23(8-10-24)31-26(29)21-6-5-20-4-3-19(15-22(20)16-21)17-30-39(36,37)32(2)27(34)35/h3-10,15-16,25,28,30H,11-14,17H2,1-2H3,(H2,29,31)(H,34,35). The van der Waals surface area contributed by atoms with Gasteiger partial charge in [-0.15, -0.1) is 0 Å². The molecular formula is C27H32N6O5S. The number of nitrogens with zero attached hydrogens (tertiary/aromatic N) is 3. The van der Waals surface area contributed by atoms with Crippen LogP contribution < -0.4 is 15.2 Å². The highest BCUT2D eigenvalue weighted by Crippen LogP contribution is 2.24. The zero-order valence-electron chi connectivity index (χ0n) is 21.8. The van der Waals surface area contributed by atoms with E-state index >= 15 is 0 Å². The van der Waals surface area contributed by atoms with E-state index in [1.807, 2.05) is 54.6 Å². The lowest BCUT2D eigenvalue weighted by atomic mass is 10.0. The fourth-order valence-electron chi connectivity index (χ4n) is 4.24. The summed E-state index contributed by atoms with van der Waals surface area (Å²) in [5, 5.41) is 18.4. The van der Waals surface area contributed by atoms with Crippen LogP contribution in [0.15, 0.2) is 65.7 Å². The molecule has 206 valence electrons. The summed E-state index contributed by atoms with van der Waals surface area (Å²) in [6.45, 7) is 3.38. The molecule has 0 aromatic heterocycles. The lowest BCUT2D eigenvalue weighted by Crippen LogP contribution is -2.40. The summed E-state index contributed by atoms with van der Waals surface area (Å²) in [5.74, 6) is 1.68. The molecule has 0 unspecified atom stereocenters. The molecule has 0 atom stereocenters. The Hall–Kier alpha value is -4.16. The summed E-state index contributed by atoms with van der Waals surface area (Å²) in [5.41, 5.74) is 8.35. The van der Waals surface area contributed by atoms with E-state index in [9.17, 15) is 13.2 Å². The maximum atomic E-state index is 12.1. The van der Waals surface area contributed by atoms with E-state index in [1.165, 1.54) is 0 Å². The van der Waals surface area contributed by atoms with Crippen molar-refractivity contribution < 1.29 is 23.1 Å². The van der Waals surface area contributed by atoms with Crippen molar-refractivity contribution in [3.63, 3.8) is 0 Å². The van der Waals surface area contributed by atoms with E-state index in [1.54, 1.807) is 13.0 Å². The van der Waals surface area contributed by atoms with Crippen LogP contribution in [-0.4, -0.2) is 66.7 Å². The molecule has 11 nitrogen and oxygen atoms in total. The molecule has 4 rings (SSSR count). The molecule has 0 saturated carbocycles. The number of amidine groups is 2. The minimum Gasteiger partial charge on any atom is -0.490 e. The van der Waals surface area contributed by atoms with Crippen LogP contribution in [0.3, 0.4) is 0 Å². The Morgan fingerprint density at radius 3 is 2.44 bits per heavy atom.